The molecule has 3 heterocycles. The van der Waals surface area contributed by atoms with E-state index in [1.807, 2.05) is 0 Å². The summed E-state index contributed by atoms with van der Waals surface area (Å²) in [4.78, 5) is 13.1. The molecule has 65 heavy (non-hydrogen) atoms. The lowest BCUT2D eigenvalue weighted by Crippen LogP contribution is -2.30. The Kier molecular flexibility index (Phi) is 8.22. The van der Waals surface area contributed by atoms with E-state index in [0.29, 0.717) is 5.82 Å². The Labute approximate surface area is 377 Å². The molecule has 0 saturated heterocycles. The molecule has 4 nitrogen and oxygen atoms in total. The molecule has 0 bridgehead atoms. The van der Waals surface area contributed by atoms with Gasteiger partial charge in [-0.1, -0.05) is 172 Å². The molecule has 0 N–H and O–H groups in total. The van der Waals surface area contributed by atoms with Crippen molar-refractivity contribution in [2.45, 2.75) is 19.3 Å². The standard InChI is InChI=1S/C61H42N4/c1-61(2)50-28-13-14-29-52(50)64(44-22-7-4-8-23-44)53-35-33-42(38-51(53)61)47-27-16-30-54-57(47)56-46-25-11-9-17-39(46)32-36-55(56)65(54)45-24-15-21-43(37-45)60-62-58(41-19-5-3-6-20-41)49-34-31-40-18-10-12-26-48(40)59(49)63-60/h3-38H,1-2H3. The van der Waals surface area contributed by atoms with Gasteiger partial charge in [0.05, 0.1) is 33.6 Å². The van der Waals surface area contributed by atoms with Crippen molar-refractivity contribution in [3.63, 3.8) is 0 Å². The van der Waals surface area contributed by atoms with Crippen molar-refractivity contribution in [1.29, 1.82) is 0 Å². The fourth-order valence-electron chi connectivity index (χ4n) is 10.7. The monoisotopic (exact) mass is 830 g/mol. The third-order valence-corrected chi connectivity index (χ3v) is 13.7. The van der Waals surface area contributed by atoms with Crippen molar-refractivity contribution in [2.24, 2.45) is 0 Å². The average Bonchev–Trinajstić information content (AvgIpc) is 3.72. The van der Waals surface area contributed by atoms with Crippen LogP contribution in [0.4, 0.5) is 17.1 Å². The Bertz CT molecular complexity index is 3870. The number of rotatable bonds is 5. The average molecular weight is 831 g/mol. The molecule has 0 fully saturated rings. The zero-order chi connectivity index (χ0) is 43.2. The summed E-state index contributed by atoms with van der Waals surface area (Å²) >= 11 is 0. The minimum absolute atomic E-state index is 0.236. The third kappa shape index (κ3) is 5.70. The predicted octanol–water partition coefficient (Wildman–Crippen LogP) is 16.1. The fourth-order valence-corrected chi connectivity index (χ4v) is 10.7. The molecule has 0 amide bonds. The molecule has 1 aliphatic rings. The highest BCUT2D eigenvalue weighted by Gasteiger charge is 2.37. The van der Waals surface area contributed by atoms with Gasteiger partial charge in [-0.25, -0.2) is 9.97 Å². The Hall–Kier alpha value is -8.34. The fraction of sp³-hybridized carbons (Fsp3) is 0.0492. The van der Waals surface area contributed by atoms with Crippen LogP contribution in [0.3, 0.4) is 0 Å². The van der Waals surface area contributed by atoms with Crippen LogP contribution in [0.1, 0.15) is 25.0 Å². The molecule has 0 unspecified atom stereocenters. The van der Waals surface area contributed by atoms with Crippen LogP contribution in [-0.4, -0.2) is 14.5 Å². The number of anilines is 3. The summed E-state index contributed by atoms with van der Waals surface area (Å²) in [6.45, 7) is 4.74. The van der Waals surface area contributed by atoms with Crippen LogP contribution in [-0.2, 0) is 5.41 Å². The van der Waals surface area contributed by atoms with Gasteiger partial charge in [-0.15, -0.1) is 0 Å². The third-order valence-electron chi connectivity index (χ3n) is 13.7. The van der Waals surface area contributed by atoms with Crippen molar-refractivity contribution in [2.75, 3.05) is 4.90 Å². The van der Waals surface area contributed by atoms with Gasteiger partial charge >= 0.3 is 0 Å². The summed E-state index contributed by atoms with van der Waals surface area (Å²) in [7, 11) is 0. The minimum atomic E-state index is -0.236. The quantitative estimate of drug-likeness (QED) is 0.162. The number of benzene rings is 10. The Morgan fingerprint density at radius 3 is 1.89 bits per heavy atom. The van der Waals surface area contributed by atoms with Gasteiger partial charge in [0, 0.05) is 49.5 Å². The lowest BCUT2D eigenvalue weighted by Gasteiger charge is -2.42. The maximum Gasteiger partial charge on any atom is 0.160 e. The maximum atomic E-state index is 5.36. The predicted molar refractivity (Wildman–Crippen MR) is 272 cm³/mol. The van der Waals surface area contributed by atoms with Gasteiger partial charge in [0.15, 0.2) is 5.82 Å². The number of hydrogen-bond acceptors (Lipinski definition) is 3. The van der Waals surface area contributed by atoms with Crippen LogP contribution in [0.25, 0.3) is 93.7 Å². The smallest absolute Gasteiger partial charge is 0.160 e. The zero-order valence-electron chi connectivity index (χ0n) is 36.1. The Morgan fingerprint density at radius 1 is 0.400 bits per heavy atom. The highest BCUT2D eigenvalue weighted by Crippen LogP contribution is 2.53. The van der Waals surface area contributed by atoms with Gasteiger partial charge in [0.25, 0.3) is 0 Å². The molecule has 2 aromatic heterocycles. The van der Waals surface area contributed by atoms with Crippen molar-refractivity contribution in [3.8, 4) is 39.5 Å². The van der Waals surface area contributed by atoms with Crippen molar-refractivity contribution < 1.29 is 0 Å². The van der Waals surface area contributed by atoms with Crippen LogP contribution in [0.2, 0.25) is 0 Å². The molecule has 13 rings (SSSR count). The van der Waals surface area contributed by atoms with Crippen LogP contribution < -0.4 is 4.90 Å². The first-order chi connectivity index (χ1) is 32.0. The highest BCUT2D eigenvalue weighted by molar-refractivity contribution is 6.25. The van der Waals surface area contributed by atoms with E-state index >= 15 is 0 Å². The molecule has 4 heteroatoms. The topological polar surface area (TPSA) is 34.0 Å². The number of para-hydroxylation sites is 2. The Balaban J connectivity index is 1.04. The second kappa shape index (κ2) is 14.3. The number of fused-ring (bicyclic) bond motifs is 10. The van der Waals surface area contributed by atoms with E-state index < -0.39 is 0 Å². The van der Waals surface area contributed by atoms with Gasteiger partial charge in [-0.05, 0) is 99.1 Å². The van der Waals surface area contributed by atoms with Crippen LogP contribution >= 0.6 is 0 Å². The van der Waals surface area contributed by atoms with Crippen LogP contribution in [0, 0.1) is 0 Å². The minimum Gasteiger partial charge on any atom is -0.310 e. The number of aromatic nitrogens is 3. The molecule has 0 radical (unpaired) electrons. The highest BCUT2D eigenvalue weighted by atomic mass is 15.2. The van der Waals surface area contributed by atoms with E-state index in [1.165, 1.54) is 55.2 Å². The summed E-state index contributed by atoms with van der Waals surface area (Å²) < 4.78 is 2.44. The van der Waals surface area contributed by atoms with Gasteiger partial charge in [0.2, 0.25) is 0 Å². The van der Waals surface area contributed by atoms with Gasteiger partial charge in [0.1, 0.15) is 0 Å². The molecule has 10 aromatic carbocycles. The van der Waals surface area contributed by atoms with E-state index in [-0.39, 0.29) is 5.41 Å². The molecule has 1 aliphatic heterocycles. The van der Waals surface area contributed by atoms with E-state index in [2.05, 4.69) is 242 Å². The summed E-state index contributed by atoms with van der Waals surface area (Å²) in [6.07, 6.45) is 0. The molecule has 0 spiro atoms. The lowest BCUT2D eigenvalue weighted by atomic mass is 9.73. The second-order valence-corrected chi connectivity index (χ2v) is 17.8. The summed E-state index contributed by atoms with van der Waals surface area (Å²) in [5.74, 6) is 0.698. The maximum absolute atomic E-state index is 5.36. The van der Waals surface area contributed by atoms with Crippen molar-refractivity contribution in [3.05, 3.63) is 230 Å². The first-order valence-electron chi connectivity index (χ1n) is 22.4. The lowest BCUT2D eigenvalue weighted by molar-refractivity contribution is 0.632. The first-order valence-corrected chi connectivity index (χ1v) is 22.4. The molecular weight excluding hydrogens is 789 g/mol. The summed E-state index contributed by atoms with van der Waals surface area (Å²) in [6, 6.07) is 79.0. The van der Waals surface area contributed by atoms with Gasteiger partial charge in [-0.3, -0.25) is 0 Å². The molecule has 0 atom stereocenters. The van der Waals surface area contributed by atoms with E-state index in [0.717, 1.165) is 60.9 Å². The van der Waals surface area contributed by atoms with E-state index in [1.54, 1.807) is 0 Å². The molecule has 12 aromatic rings. The number of nitrogens with zero attached hydrogens (tertiary/aromatic N) is 4. The van der Waals surface area contributed by atoms with Crippen LogP contribution in [0.15, 0.2) is 218 Å². The largest absolute Gasteiger partial charge is 0.310 e. The first kappa shape index (κ1) is 37.2. The molecule has 0 saturated carbocycles. The second-order valence-electron chi connectivity index (χ2n) is 17.8. The summed E-state index contributed by atoms with van der Waals surface area (Å²) in [5.41, 5.74) is 15.6. The SMILES string of the molecule is CC1(C)c2ccccc2N(c2ccccc2)c2ccc(-c3cccc4c3c3c5ccccc5ccc3n4-c3cccc(-c4nc(-c5ccccc5)c5ccc6ccccc6c5n4)c3)cc21. The molecular formula is C61H42N4. The van der Waals surface area contributed by atoms with Crippen LogP contribution in [0.5, 0.6) is 0 Å². The van der Waals surface area contributed by atoms with Crippen molar-refractivity contribution >= 4 is 71.3 Å². The van der Waals surface area contributed by atoms with E-state index in [9.17, 15) is 0 Å². The van der Waals surface area contributed by atoms with Gasteiger partial charge < -0.3 is 9.47 Å². The van der Waals surface area contributed by atoms with Crippen molar-refractivity contribution in [1.82, 2.24) is 14.5 Å². The van der Waals surface area contributed by atoms with Gasteiger partial charge in [-0.2, -0.15) is 0 Å². The Morgan fingerprint density at radius 2 is 1.05 bits per heavy atom. The summed E-state index contributed by atoms with van der Waals surface area (Å²) in [5, 5.41) is 8.24. The zero-order valence-corrected chi connectivity index (χ0v) is 36.1. The van der Waals surface area contributed by atoms with E-state index in [4.69, 9.17) is 9.97 Å². The normalized spacial score (nSPS) is 13.2. The molecule has 0 aliphatic carbocycles. The number of hydrogen-bond donors (Lipinski definition) is 0. The molecule has 306 valence electrons.